The number of hydrogen-bond acceptors (Lipinski definition) is 3. The summed E-state index contributed by atoms with van der Waals surface area (Å²) in [7, 11) is 0. The highest BCUT2D eigenvalue weighted by Crippen LogP contribution is 2.23. The summed E-state index contributed by atoms with van der Waals surface area (Å²) in [6, 6.07) is 11.8. The first-order valence-electron chi connectivity index (χ1n) is 5.42. The number of nitriles is 1. The monoisotopic (exact) mass is 234 g/mol. The zero-order valence-electron chi connectivity index (χ0n) is 9.81. The summed E-state index contributed by atoms with van der Waals surface area (Å²) in [6.07, 6.45) is 0. The molecule has 0 fully saturated rings. The van der Waals surface area contributed by atoms with Gasteiger partial charge in [-0.15, -0.1) is 0 Å². The van der Waals surface area contributed by atoms with Gasteiger partial charge in [-0.05, 0) is 17.2 Å². The van der Waals surface area contributed by atoms with Gasteiger partial charge in [0.1, 0.15) is 5.54 Å². The Morgan fingerprint density at radius 2 is 2.00 bits per heavy atom. The number of nitrogens with zero attached hydrogens (tertiary/aromatic N) is 1. The van der Waals surface area contributed by atoms with E-state index < -0.39 is 5.54 Å². The fraction of sp³-hybridized carbons (Fsp3) is 0.462. The van der Waals surface area contributed by atoms with Gasteiger partial charge < -0.3 is 5.73 Å². The largest absolute Gasteiger partial charge is 0.309 e. The van der Waals surface area contributed by atoms with Crippen molar-refractivity contribution in [1.82, 2.24) is 0 Å². The average molecular weight is 234 g/mol. The highest BCUT2D eigenvalue weighted by molar-refractivity contribution is 7.99. The van der Waals surface area contributed by atoms with E-state index in [1.54, 1.807) is 11.8 Å². The second-order valence-corrected chi connectivity index (χ2v) is 5.39. The molecule has 1 rings (SSSR count). The van der Waals surface area contributed by atoms with Gasteiger partial charge in [0, 0.05) is 5.75 Å². The molecule has 0 radical (unpaired) electrons. The smallest absolute Gasteiger partial charge is 0.138 e. The molecule has 0 saturated carbocycles. The maximum absolute atomic E-state index is 9.22. The fourth-order valence-corrected chi connectivity index (χ4v) is 2.51. The SMILES string of the molecule is CC(C)CSCC(N)(C#N)c1ccccc1. The molecule has 3 heteroatoms. The molecule has 0 aliphatic rings. The van der Waals surface area contributed by atoms with E-state index >= 15 is 0 Å². The van der Waals surface area contributed by atoms with E-state index in [0.717, 1.165) is 11.3 Å². The summed E-state index contributed by atoms with van der Waals surface area (Å²) in [6.45, 7) is 4.33. The molecule has 0 bridgehead atoms. The van der Waals surface area contributed by atoms with Gasteiger partial charge in [0.25, 0.3) is 0 Å². The number of hydrogen-bond donors (Lipinski definition) is 1. The van der Waals surface area contributed by atoms with Crippen molar-refractivity contribution in [3.63, 3.8) is 0 Å². The average Bonchev–Trinajstić information content (AvgIpc) is 2.29. The molecule has 16 heavy (non-hydrogen) atoms. The maximum atomic E-state index is 9.22. The molecule has 1 aromatic carbocycles. The van der Waals surface area contributed by atoms with Crippen LogP contribution in [0.25, 0.3) is 0 Å². The quantitative estimate of drug-likeness (QED) is 0.852. The third-order valence-corrected chi connectivity index (χ3v) is 3.83. The van der Waals surface area contributed by atoms with Crippen LogP contribution in [0.4, 0.5) is 0 Å². The lowest BCUT2D eigenvalue weighted by Crippen LogP contribution is -2.37. The lowest BCUT2D eigenvalue weighted by Gasteiger charge is -2.21. The van der Waals surface area contributed by atoms with Crippen LogP contribution in [0, 0.1) is 17.2 Å². The lowest BCUT2D eigenvalue weighted by atomic mass is 9.95. The highest BCUT2D eigenvalue weighted by Gasteiger charge is 2.26. The van der Waals surface area contributed by atoms with Crippen molar-refractivity contribution in [2.75, 3.05) is 11.5 Å². The molecule has 1 aromatic rings. The number of rotatable bonds is 5. The lowest BCUT2D eigenvalue weighted by molar-refractivity contribution is 0.656. The van der Waals surface area contributed by atoms with Gasteiger partial charge in [-0.25, -0.2) is 0 Å². The maximum Gasteiger partial charge on any atom is 0.138 e. The summed E-state index contributed by atoms with van der Waals surface area (Å²) in [5.74, 6) is 2.31. The van der Waals surface area contributed by atoms with Crippen LogP contribution in [0.3, 0.4) is 0 Å². The second-order valence-electron chi connectivity index (χ2n) is 4.36. The Balaban J connectivity index is 2.68. The molecule has 0 amide bonds. The molecular weight excluding hydrogens is 216 g/mol. The first kappa shape index (κ1) is 13.1. The minimum Gasteiger partial charge on any atom is -0.309 e. The molecule has 1 atom stereocenters. The van der Waals surface area contributed by atoms with Gasteiger partial charge in [-0.1, -0.05) is 44.2 Å². The fourth-order valence-electron chi connectivity index (χ4n) is 1.37. The van der Waals surface area contributed by atoms with Crippen LogP contribution in [0.2, 0.25) is 0 Å². The van der Waals surface area contributed by atoms with Crippen LogP contribution in [0.1, 0.15) is 19.4 Å². The van der Waals surface area contributed by atoms with Crippen LogP contribution in [0.5, 0.6) is 0 Å². The number of thioether (sulfide) groups is 1. The predicted octanol–water partition coefficient (Wildman–Crippen LogP) is 2.75. The molecule has 2 nitrogen and oxygen atoms in total. The summed E-state index contributed by atoms with van der Waals surface area (Å²) in [4.78, 5) is 0. The van der Waals surface area contributed by atoms with Gasteiger partial charge in [-0.3, -0.25) is 0 Å². The summed E-state index contributed by atoms with van der Waals surface area (Å²) < 4.78 is 0. The van der Waals surface area contributed by atoms with Crippen molar-refractivity contribution in [2.45, 2.75) is 19.4 Å². The molecule has 1 unspecified atom stereocenters. The van der Waals surface area contributed by atoms with Gasteiger partial charge in [0.15, 0.2) is 0 Å². The van der Waals surface area contributed by atoms with Gasteiger partial charge >= 0.3 is 0 Å². The van der Waals surface area contributed by atoms with Crippen molar-refractivity contribution in [3.05, 3.63) is 35.9 Å². The Bertz CT molecular complexity index is 356. The molecule has 0 aliphatic heterocycles. The standard InChI is InChI=1S/C13H18N2S/c1-11(2)8-16-10-13(15,9-14)12-6-4-3-5-7-12/h3-7,11H,8,10,15H2,1-2H3. The Labute approximate surface area is 102 Å². The highest BCUT2D eigenvalue weighted by atomic mass is 32.2. The minimum absolute atomic E-state index is 0.628. The van der Waals surface area contributed by atoms with Crippen LogP contribution >= 0.6 is 11.8 Å². The number of benzene rings is 1. The van der Waals surface area contributed by atoms with Crippen molar-refractivity contribution in [2.24, 2.45) is 11.7 Å². The van der Waals surface area contributed by atoms with Crippen LogP contribution < -0.4 is 5.73 Å². The topological polar surface area (TPSA) is 49.8 Å². The molecule has 0 heterocycles. The summed E-state index contributed by atoms with van der Waals surface area (Å²) in [5, 5.41) is 9.22. The first-order valence-corrected chi connectivity index (χ1v) is 6.57. The van der Waals surface area contributed by atoms with Crippen LogP contribution in [-0.2, 0) is 5.54 Å². The summed E-state index contributed by atoms with van der Waals surface area (Å²) >= 11 is 1.74. The van der Waals surface area contributed by atoms with Gasteiger partial charge in [-0.2, -0.15) is 17.0 Å². The van der Waals surface area contributed by atoms with Crippen LogP contribution in [-0.4, -0.2) is 11.5 Å². The normalized spacial score (nSPS) is 14.4. The van der Waals surface area contributed by atoms with Crippen molar-refractivity contribution in [1.29, 1.82) is 5.26 Å². The van der Waals surface area contributed by atoms with Gasteiger partial charge in [0.2, 0.25) is 0 Å². The molecular formula is C13H18N2S. The molecule has 0 aliphatic carbocycles. The van der Waals surface area contributed by atoms with E-state index in [1.807, 2.05) is 30.3 Å². The van der Waals surface area contributed by atoms with E-state index in [0.29, 0.717) is 11.7 Å². The number of nitrogens with two attached hydrogens (primary N) is 1. The first-order chi connectivity index (χ1) is 7.58. The Morgan fingerprint density at radius 3 is 2.50 bits per heavy atom. The van der Waals surface area contributed by atoms with E-state index in [4.69, 9.17) is 5.73 Å². The Kier molecular flexibility index (Phi) is 4.85. The van der Waals surface area contributed by atoms with Crippen molar-refractivity contribution >= 4 is 11.8 Å². The van der Waals surface area contributed by atoms with Crippen molar-refractivity contribution in [3.8, 4) is 6.07 Å². The third-order valence-electron chi connectivity index (χ3n) is 2.27. The molecule has 0 saturated heterocycles. The van der Waals surface area contributed by atoms with E-state index in [-0.39, 0.29) is 0 Å². The molecule has 0 spiro atoms. The van der Waals surface area contributed by atoms with E-state index in [2.05, 4.69) is 19.9 Å². The zero-order chi connectivity index (χ0) is 12.0. The predicted molar refractivity (Wildman–Crippen MR) is 70.1 cm³/mol. The minimum atomic E-state index is -0.860. The Hall–Kier alpha value is -0.980. The Morgan fingerprint density at radius 1 is 1.38 bits per heavy atom. The third kappa shape index (κ3) is 3.55. The van der Waals surface area contributed by atoms with Crippen molar-refractivity contribution < 1.29 is 0 Å². The molecule has 0 aromatic heterocycles. The summed E-state index contributed by atoms with van der Waals surface area (Å²) in [5.41, 5.74) is 6.16. The van der Waals surface area contributed by atoms with E-state index in [1.165, 1.54) is 0 Å². The zero-order valence-corrected chi connectivity index (χ0v) is 10.6. The molecule has 2 N–H and O–H groups in total. The molecule has 86 valence electrons. The van der Waals surface area contributed by atoms with Crippen LogP contribution in [0.15, 0.2) is 30.3 Å². The van der Waals surface area contributed by atoms with Gasteiger partial charge in [0.05, 0.1) is 6.07 Å². The van der Waals surface area contributed by atoms with E-state index in [9.17, 15) is 5.26 Å². The second kappa shape index (κ2) is 5.93.